The van der Waals surface area contributed by atoms with Crippen molar-refractivity contribution in [1.29, 1.82) is 0 Å². The summed E-state index contributed by atoms with van der Waals surface area (Å²) in [7, 11) is 0. The van der Waals surface area contributed by atoms with Crippen LogP contribution in [0.2, 0.25) is 0 Å². The second kappa shape index (κ2) is 3.61. The third-order valence-corrected chi connectivity index (χ3v) is 1.14. The van der Waals surface area contributed by atoms with E-state index in [2.05, 4.69) is 11.6 Å². The van der Waals surface area contributed by atoms with E-state index in [0.717, 1.165) is 0 Å². The van der Waals surface area contributed by atoms with Crippen LogP contribution in [0.5, 0.6) is 5.75 Å². The molecule has 3 heteroatoms. The maximum atomic E-state index is 10.9. The maximum Gasteiger partial charge on any atom is 0.290 e. The summed E-state index contributed by atoms with van der Waals surface area (Å²) in [5.74, 6) is 0.326. The smallest absolute Gasteiger partial charge is 0.290 e. The number of nitrogens with one attached hydrogen (secondary N) is 1. The first kappa shape index (κ1) is 7.60. The lowest BCUT2D eigenvalue weighted by molar-refractivity contribution is 0.358. The molecule has 1 heterocycles. The van der Waals surface area contributed by atoms with Crippen LogP contribution in [-0.2, 0) is 0 Å². The van der Waals surface area contributed by atoms with E-state index in [1.54, 1.807) is 24.4 Å². The maximum absolute atomic E-state index is 10.9. The van der Waals surface area contributed by atoms with Crippen molar-refractivity contribution in [2.75, 3.05) is 6.61 Å². The van der Waals surface area contributed by atoms with Crippen molar-refractivity contribution in [2.24, 2.45) is 0 Å². The van der Waals surface area contributed by atoms with Crippen LogP contribution in [0.15, 0.2) is 35.8 Å². The van der Waals surface area contributed by atoms with E-state index in [9.17, 15) is 4.79 Å². The third kappa shape index (κ3) is 1.97. The Kier molecular flexibility index (Phi) is 2.49. The summed E-state index contributed by atoms with van der Waals surface area (Å²) >= 11 is 0. The van der Waals surface area contributed by atoms with Gasteiger partial charge in [0.05, 0.1) is 0 Å². The van der Waals surface area contributed by atoms with Gasteiger partial charge in [-0.3, -0.25) is 4.79 Å². The fraction of sp³-hybridized carbons (Fsp3) is 0.125. The number of ether oxygens (including phenoxy) is 1. The molecule has 0 spiro atoms. The highest BCUT2D eigenvalue weighted by Crippen LogP contribution is 1.98. The average molecular weight is 151 g/mol. The lowest BCUT2D eigenvalue weighted by Gasteiger charge is -1.98. The summed E-state index contributed by atoms with van der Waals surface area (Å²) in [6.07, 6.45) is 3.15. The number of pyridine rings is 1. The monoisotopic (exact) mass is 151 g/mol. The summed E-state index contributed by atoms with van der Waals surface area (Å²) < 4.78 is 5.02. The first-order valence-electron chi connectivity index (χ1n) is 3.26. The van der Waals surface area contributed by atoms with Crippen molar-refractivity contribution in [3.63, 3.8) is 0 Å². The van der Waals surface area contributed by atoms with Crippen LogP contribution >= 0.6 is 0 Å². The molecule has 11 heavy (non-hydrogen) atoms. The van der Waals surface area contributed by atoms with Crippen molar-refractivity contribution >= 4 is 0 Å². The minimum atomic E-state index is -0.214. The Balaban J connectivity index is 2.78. The first-order chi connectivity index (χ1) is 5.34. The molecule has 0 saturated carbocycles. The zero-order valence-electron chi connectivity index (χ0n) is 6.04. The summed E-state index contributed by atoms with van der Waals surface area (Å²) in [5, 5.41) is 0. The van der Waals surface area contributed by atoms with Crippen LogP contribution in [-0.4, -0.2) is 11.6 Å². The van der Waals surface area contributed by atoms with E-state index in [0.29, 0.717) is 12.4 Å². The van der Waals surface area contributed by atoms with Gasteiger partial charge in [0, 0.05) is 6.20 Å². The molecule has 1 rings (SSSR count). The molecular formula is C8H9NO2. The first-order valence-corrected chi connectivity index (χ1v) is 3.26. The van der Waals surface area contributed by atoms with Gasteiger partial charge in [0.2, 0.25) is 0 Å². The summed E-state index contributed by atoms with van der Waals surface area (Å²) in [5.41, 5.74) is -0.214. The Morgan fingerprint density at radius 2 is 2.55 bits per heavy atom. The molecule has 0 aliphatic rings. The molecule has 0 bridgehead atoms. The van der Waals surface area contributed by atoms with E-state index < -0.39 is 0 Å². The van der Waals surface area contributed by atoms with Gasteiger partial charge in [-0.05, 0) is 12.1 Å². The molecule has 0 aromatic carbocycles. The van der Waals surface area contributed by atoms with Crippen molar-refractivity contribution < 1.29 is 4.74 Å². The third-order valence-electron chi connectivity index (χ3n) is 1.14. The zero-order chi connectivity index (χ0) is 8.10. The average Bonchev–Trinajstić information content (AvgIpc) is 2.03. The van der Waals surface area contributed by atoms with Gasteiger partial charge in [-0.25, -0.2) is 0 Å². The van der Waals surface area contributed by atoms with E-state index in [-0.39, 0.29) is 5.56 Å². The van der Waals surface area contributed by atoms with Gasteiger partial charge in [0.1, 0.15) is 6.61 Å². The zero-order valence-corrected chi connectivity index (χ0v) is 6.04. The van der Waals surface area contributed by atoms with Crippen LogP contribution in [0.3, 0.4) is 0 Å². The van der Waals surface area contributed by atoms with Gasteiger partial charge < -0.3 is 9.72 Å². The standard InChI is InChI=1S/C8H9NO2/c1-2-6-11-7-4-3-5-9-8(7)10/h2-5H,1,6H2,(H,9,10). The lowest BCUT2D eigenvalue weighted by Crippen LogP contribution is -2.09. The van der Waals surface area contributed by atoms with Gasteiger partial charge in [0.25, 0.3) is 5.56 Å². The molecule has 0 aliphatic heterocycles. The quantitative estimate of drug-likeness (QED) is 0.653. The molecular weight excluding hydrogens is 142 g/mol. The van der Waals surface area contributed by atoms with Gasteiger partial charge in [0.15, 0.2) is 5.75 Å². The molecule has 1 aromatic heterocycles. The van der Waals surface area contributed by atoms with Crippen LogP contribution < -0.4 is 10.3 Å². The second-order valence-electron chi connectivity index (χ2n) is 1.96. The Morgan fingerprint density at radius 3 is 3.18 bits per heavy atom. The molecule has 0 saturated heterocycles. The molecule has 58 valence electrons. The van der Waals surface area contributed by atoms with E-state index in [1.165, 1.54) is 0 Å². The van der Waals surface area contributed by atoms with E-state index in [1.807, 2.05) is 0 Å². The fourth-order valence-electron chi connectivity index (χ4n) is 0.668. The Bertz CT molecular complexity index is 290. The molecule has 0 radical (unpaired) electrons. The number of aromatic amines is 1. The lowest BCUT2D eigenvalue weighted by atomic mass is 10.4. The van der Waals surface area contributed by atoms with E-state index >= 15 is 0 Å². The molecule has 0 unspecified atom stereocenters. The SMILES string of the molecule is C=CCOc1ccc[nH]c1=O. The number of hydrogen-bond donors (Lipinski definition) is 1. The van der Waals surface area contributed by atoms with Crippen molar-refractivity contribution in [1.82, 2.24) is 4.98 Å². The molecule has 0 fully saturated rings. The summed E-state index contributed by atoms with van der Waals surface area (Å²) in [4.78, 5) is 13.4. The molecule has 0 amide bonds. The fourth-order valence-corrected chi connectivity index (χ4v) is 0.668. The highest BCUT2D eigenvalue weighted by atomic mass is 16.5. The highest BCUT2D eigenvalue weighted by Gasteiger charge is 1.94. The molecule has 1 N–H and O–H groups in total. The number of rotatable bonds is 3. The van der Waals surface area contributed by atoms with Crippen molar-refractivity contribution in [3.8, 4) is 5.75 Å². The van der Waals surface area contributed by atoms with Crippen molar-refractivity contribution in [2.45, 2.75) is 0 Å². The van der Waals surface area contributed by atoms with Crippen LogP contribution in [0, 0.1) is 0 Å². The van der Waals surface area contributed by atoms with Crippen LogP contribution in [0.1, 0.15) is 0 Å². The molecule has 0 atom stereocenters. The number of aromatic nitrogens is 1. The summed E-state index contributed by atoms with van der Waals surface area (Å²) in [6.45, 7) is 3.82. The topological polar surface area (TPSA) is 42.1 Å². The molecule has 1 aromatic rings. The van der Waals surface area contributed by atoms with Crippen molar-refractivity contribution in [3.05, 3.63) is 41.3 Å². The van der Waals surface area contributed by atoms with Gasteiger partial charge in [-0.1, -0.05) is 12.7 Å². The van der Waals surface area contributed by atoms with Gasteiger partial charge in [-0.2, -0.15) is 0 Å². The molecule has 3 nitrogen and oxygen atoms in total. The largest absolute Gasteiger partial charge is 0.484 e. The second-order valence-corrected chi connectivity index (χ2v) is 1.96. The minimum Gasteiger partial charge on any atom is -0.484 e. The van der Waals surface area contributed by atoms with E-state index in [4.69, 9.17) is 4.74 Å². The van der Waals surface area contributed by atoms with Gasteiger partial charge in [-0.15, -0.1) is 0 Å². The number of H-pyrrole nitrogens is 1. The summed E-state index contributed by atoms with van der Waals surface area (Å²) in [6, 6.07) is 3.32. The predicted octanol–water partition coefficient (Wildman–Crippen LogP) is 0.940. The highest BCUT2D eigenvalue weighted by molar-refractivity contribution is 5.16. The van der Waals surface area contributed by atoms with Gasteiger partial charge >= 0.3 is 0 Å². The number of hydrogen-bond acceptors (Lipinski definition) is 2. The van der Waals surface area contributed by atoms with Crippen LogP contribution in [0.4, 0.5) is 0 Å². The Hall–Kier alpha value is -1.51. The van der Waals surface area contributed by atoms with Crippen LogP contribution in [0.25, 0.3) is 0 Å². The molecule has 0 aliphatic carbocycles. The predicted molar refractivity (Wildman–Crippen MR) is 42.8 cm³/mol. The normalized spacial score (nSPS) is 9.09. The minimum absolute atomic E-state index is 0.214. The Labute approximate surface area is 64.3 Å². The Morgan fingerprint density at radius 1 is 1.73 bits per heavy atom.